The molecule has 1 fully saturated rings. The second-order valence-corrected chi connectivity index (χ2v) is 7.76. The number of hydrogen-bond acceptors (Lipinski definition) is 9. The predicted molar refractivity (Wildman–Crippen MR) is 115 cm³/mol. The smallest absolute Gasteiger partial charge is 0.441 e. The number of pyridine rings is 1. The fourth-order valence-corrected chi connectivity index (χ4v) is 2.97. The van der Waals surface area contributed by atoms with Crippen LogP contribution in [0.2, 0.25) is 0 Å². The Kier molecular flexibility index (Phi) is 8.78. The van der Waals surface area contributed by atoms with Crippen molar-refractivity contribution < 1.29 is 32.8 Å². The zero-order chi connectivity index (χ0) is 23.9. The number of amides is 1. The second kappa shape index (κ2) is 11.1. The first kappa shape index (κ1) is 25.3. The molecule has 0 aliphatic carbocycles. The summed E-state index contributed by atoms with van der Waals surface area (Å²) in [4.78, 5) is 34.7. The Labute approximate surface area is 183 Å². The average Bonchev–Trinajstić information content (AvgIpc) is 3.13. The number of hydrazine groups is 1. The number of ether oxygens (including phenoxy) is 1. The fourth-order valence-electron chi connectivity index (χ4n) is 2.61. The van der Waals surface area contributed by atoms with Gasteiger partial charge in [-0.05, 0) is 24.3 Å². The van der Waals surface area contributed by atoms with Crippen molar-refractivity contribution in [1.29, 1.82) is 0 Å². The van der Waals surface area contributed by atoms with E-state index in [2.05, 4.69) is 21.3 Å². The van der Waals surface area contributed by atoms with E-state index in [-0.39, 0.29) is 18.8 Å². The molecule has 0 saturated carbocycles. The van der Waals surface area contributed by atoms with Gasteiger partial charge < -0.3 is 20.3 Å². The van der Waals surface area contributed by atoms with Crippen molar-refractivity contribution in [2.24, 2.45) is 16.7 Å². The van der Waals surface area contributed by atoms with Gasteiger partial charge in [0, 0.05) is 37.6 Å². The van der Waals surface area contributed by atoms with E-state index in [0.717, 1.165) is 10.0 Å². The molecule has 1 unspecified atom stereocenters. The van der Waals surface area contributed by atoms with Crippen LogP contribution < -0.4 is 16.5 Å². The number of phosphoric acid groups is 1. The van der Waals surface area contributed by atoms with Gasteiger partial charge in [0.05, 0.1) is 24.5 Å². The molecule has 1 aromatic carbocycles. The van der Waals surface area contributed by atoms with Gasteiger partial charge in [-0.25, -0.2) is 24.7 Å². The molecule has 6 N–H and O–H groups in total. The number of carbonyl (C=O) groups is 1. The minimum atomic E-state index is -4.67. The Morgan fingerprint density at radius 3 is 2.62 bits per heavy atom. The summed E-state index contributed by atoms with van der Waals surface area (Å²) >= 11 is 0. The van der Waals surface area contributed by atoms with Crippen molar-refractivity contribution in [3.05, 3.63) is 48.0 Å². The number of rotatable bonds is 7. The highest BCUT2D eigenvalue weighted by atomic mass is 31.2. The number of hydrogen-bond donors (Lipinski definition) is 4. The van der Waals surface area contributed by atoms with E-state index in [9.17, 15) is 13.8 Å². The Bertz CT molecular complexity index is 986. The third-order valence-electron chi connectivity index (χ3n) is 4.13. The van der Waals surface area contributed by atoms with Crippen molar-refractivity contribution in [3.63, 3.8) is 0 Å². The maximum absolute atomic E-state index is 14.5. The molecule has 3 rings (SSSR count). The first-order chi connectivity index (χ1) is 15.0. The lowest BCUT2D eigenvalue weighted by atomic mass is 10.1. The number of nitrogens with zero attached hydrogens (tertiary/aromatic N) is 4. The summed E-state index contributed by atoms with van der Waals surface area (Å²) in [6.45, 7) is 2.91. The van der Waals surface area contributed by atoms with Crippen molar-refractivity contribution in [2.75, 3.05) is 25.1 Å². The quantitative estimate of drug-likeness (QED) is 0.199. The van der Waals surface area contributed by atoms with E-state index in [0.29, 0.717) is 16.8 Å². The molecule has 12 nitrogen and oxygen atoms in total. The third kappa shape index (κ3) is 7.34. The van der Waals surface area contributed by atoms with Crippen LogP contribution in [0.3, 0.4) is 0 Å². The van der Waals surface area contributed by atoms with Crippen molar-refractivity contribution in [3.8, 4) is 11.1 Å². The number of nitrogens with two attached hydrogens (primary N) is 2. The first-order valence-corrected chi connectivity index (χ1v) is 10.6. The zero-order valence-electron chi connectivity index (χ0n) is 17.2. The number of carbonyl (C=O) groups excluding carboxylic acids is 1. The van der Waals surface area contributed by atoms with Gasteiger partial charge in [-0.2, -0.15) is 5.10 Å². The zero-order valence-corrected chi connectivity index (χ0v) is 18.1. The van der Waals surface area contributed by atoms with Crippen LogP contribution in [0.1, 0.15) is 5.69 Å². The van der Waals surface area contributed by atoms with Crippen LogP contribution in [0.5, 0.6) is 0 Å². The summed E-state index contributed by atoms with van der Waals surface area (Å²) in [5, 5.41) is 4.39. The molecule has 0 bridgehead atoms. The van der Waals surface area contributed by atoms with E-state index in [1.54, 1.807) is 25.2 Å². The number of hydrazone groups is 1. The minimum absolute atomic E-state index is 0.0234. The van der Waals surface area contributed by atoms with Gasteiger partial charge in [-0.1, -0.05) is 6.07 Å². The molecule has 2 aromatic rings. The lowest BCUT2D eigenvalue weighted by Gasteiger charge is -2.14. The Hall–Kier alpha value is -2.93. The summed E-state index contributed by atoms with van der Waals surface area (Å²) in [6.07, 6.45) is -0.115. The topological polar surface area (TPSA) is 177 Å². The van der Waals surface area contributed by atoms with Gasteiger partial charge in [-0.15, -0.1) is 0 Å². The van der Waals surface area contributed by atoms with Crippen molar-refractivity contribution >= 4 is 26.3 Å². The molecule has 14 heteroatoms. The van der Waals surface area contributed by atoms with E-state index in [1.807, 2.05) is 0 Å². The summed E-state index contributed by atoms with van der Waals surface area (Å²) in [5.74, 6) is 4.34. The molecule has 1 aliphatic rings. The standard InChI is InChI=1S/C16H17FN3O6P.C2H7N3/c17-15-5-12(3-4-14(15)10-1-2-11(6-18)19-7-10)20-8-13(26-16(20)21)9-25-27(22,23)24;1-4-5(2)3/h1-5,7,13H,6,8-9,18H2,(H2,22,23,24);1,3H2,2H3. The lowest BCUT2D eigenvalue weighted by molar-refractivity contribution is 0.0880. The average molecular weight is 470 g/mol. The van der Waals surface area contributed by atoms with Crippen LogP contribution >= 0.6 is 7.82 Å². The molecule has 0 radical (unpaired) electrons. The number of cyclic esters (lactones) is 1. The van der Waals surface area contributed by atoms with Crippen LogP contribution in [0.15, 0.2) is 41.6 Å². The molecule has 1 aliphatic heterocycles. The van der Waals surface area contributed by atoms with Gasteiger partial charge in [0.25, 0.3) is 0 Å². The number of phosphoric ester groups is 1. The molecule has 1 amide bonds. The van der Waals surface area contributed by atoms with E-state index < -0.39 is 32.4 Å². The first-order valence-electron chi connectivity index (χ1n) is 9.12. The molecule has 1 saturated heterocycles. The third-order valence-corrected chi connectivity index (χ3v) is 4.62. The highest BCUT2D eigenvalue weighted by molar-refractivity contribution is 7.46. The molecule has 32 heavy (non-hydrogen) atoms. The summed E-state index contributed by atoms with van der Waals surface area (Å²) in [5.41, 5.74) is 7.30. The monoisotopic (exact) mass is 470 g/mol. The molecule has 1 aromatic heterocycles. The van der Waals surface area contributed by atoms with Crippen LogP contribution in [0.4, 0.5) is 14.9 Å². The van der Waals surface area contributed by atoms with E-state index in [1.165, 1.54) is 18.3 Å². The summed E-state index contributed by atoms with van der Waals surface area (Å²) in [7, 11) is -3.06. The second-order valence-electron chi connectivity index (χ2n) is 6.52. The van der Waals surface area contributed by atoms with Gasteiger partial charge in [0.2, 0.25) is 0 Å². The minimum Gasteiger partial charge on any atom is -0.441 e. The molecular weight excluding hydrogens is 446 g/mol. The summed E-state index contributed by atoms with van der Waals surface area (Å²) in [6, 6.07) is 7.64. The number of benzene rings is 1. The Balaban J connectivity index is 0.000000654. The molecule has 1 atom stereocenters. The van der Waals surface area contributed by atoms with Gasteiger partial charge in [0.1, 0.15) is 11.9 Å². The van der Waals surface area contributed by atoms with Gasteiger partial charge in [0.15, 0.2) is 0 Å². The van der Waals surface area contributed by atoms with Crippen molar-refractivity contribution in [1.82, 2.24) is 10.1 Å². The van der Waals surface area contributed by atoms with Crippen molar-refractivity contribution in [2.45, 2.75) is 12.6 Å². The molecule has 0 spiro atoms. The maximum atomic E-state index is 14.5. The van der Waals surface area contributed by atoms with E-state index in [4.69, 9.17) is 26.1 Å². The van der Waals surface area contributed by atoms with Crippen LogP contribution in [0.25, 0.3) is 11.1 Å². The summed E-state index contributed by atoms with van der Waals surface area (Å²) < 4.78 is 34.6. The van der Waals surface area contributed by atoms with Crippen LogP contribution in [-0.2, 0) is 20.4 Å². The molecule has 2 heterocycles. The van der Waals surface area contributed by atoms with Gasteiger partial charge >= 0.3 is 13.9 Å². The largest absolute Gasteiger partial charge is 0.469 e. The number of anilines is 1. The number of aromatic nitrogens is 1. The molecular formula is C18H24FN6O6P. The lowest BCUT2D eigenvalue weighted by Crippen LogP contribution is -2.25. The SMILES string of the molecule is C=NN(C)N.NCc1ccc(-c2ccc(N3CC(COP(=O)(O)O)OC3=O)cc2F)cn1. The van der Waals surface area contributed by atoms with Crippen LogP contribution in [0, 0.1) is 5.82 Å². The highest BCUT2D eigenvalue weighted by Crippen LogP contribution is 2.36. The van der Waals surface area contributed by atoms with E-state index >= 15 is 0 Å². The fraction of sp³-hybridized carbons (Fsp3) is 0.278. The Morgan fingerprint density at radius 1 is 1.44 bits per heavy atom. The molecule has 174 valence electrons. The van der Waals surface area contributed by atoms with Gasteiger partial charge in [-0.3, -0.25) is 14.4 Å². The predicted octanol–water partition coefficient (Wildman–Crippen LogP) is 1.19. The Morgan fingerprint density at radius 2 is 2.12 bits per heavy atom. The number of halogens is 1. The highest BCUT2D eigenvalue weighted by Gasteiger charge is 2.34. The maximum Gasteiger partial charge on any atom is 0.469 e. The normalized spacial score (nSPS) is 15.6. The van der Waals surface area contributed by atoms with Crippen LogP contribution in [-0.4, -0.2) is 59.0 Å².